The highest BCUT2D eigenvalue weighted by atomic mass is 16.5. The van der Waals surface area contributed by atoms with Gasteiger partial charge in [0.05, 0.1) is 6.61 Å². The molecule has 0 spiro atoms. The Balaban J connectivity index is 1.97. The van der Waals surface area contributed by atoms with Crippen LogP contribution in [-0.4, -0.2) is 13.2 Å². The van der Waals surface area contributed by atoms with E-state index in [1.54, 1.807) is 7.11 Å². The lowest BCUT2D eigenvalue weighted by atomic mass is 10.2. The minimum atomic E-state index is 0.683. The topological polar surface area (TPSA) is 21.3 Å². The van der Waals surface area contributed by atoms with Crippen molar-refractivity contribution in [2.24, 2.45) is 0 Å². The van der Waals surface area contributed by atoms with E-state index in [9.17, 15) is 0 Å². The summed E-state index contributed by atoms with van der Waals surface area (Å²) >= 11 is 0. The third kappa shape index (κ3) is 2.96. The van der Waals surface area contributed by atoms with Gasteiger partial charge in [-0.2, -0.15) is 0 Å². The molecule has 1 aliphatic rings. The van der Waals surface area contributed by atoms with Crippen molar-refractivity contribution in [3.8, 4) is 0 Å². The highest BCUT2D eigenvalue weighted by molar-refractivity contribution is 5.46. The molecular formula is C13H19NO. The first-order valence-corrected chi connectivity index (χ1v) is 5.73. The molecule has 0 heterocycles. The minimum absolute atomic E-state index is 0.683. The summed E-state index contributed by atoms with van der Waals surface area (Å²) in [6.45, 7) is 0.695. The van der Waals surface area contributed by atoms with Crippen LogP contribution in [0, 0.1) is 0 Å². The minimum Gasteiger partial charge on any atom is -0.382 e. The van der Waals surface area contributed by atoms with Gasteiger partial charge >= 0.3 is 0 Å². The molecule has 0 aromatic heterocycles. The van der Waals surface area contributed by atoms with Crippen molar-refractivity contribution in [2.45, 2.75) is 38.3 Å². The van der Waals surface area contributed by atoms with Crippen LogP contribution in [-0.2, 0) is 11.3 Å². The van der Waals surface area contributed by atoms with Crippen molar-refractivity contribution in [2.75, 3.05) is 12.4 Å². The van der Waals surface area contributed by atoms with Crippen LogP contribution in [0.5, 0.6) is 0 Å². The van der Waals surface area contributed by atoms with Gasteiger partial charge in [0, 0.05) is 18.8 Å². The van der Waals surface area contributed by atoms with Gasteiger partial charge in [-0.15, -0.1) is 0 Å². The second kappa shape index (κ2) is 5.17. The van der Waals surface area contributed by atoms with Crippen LogP contribution < -0.4 is 5.32 Å². The highest BCUT2D eigenvalue weighted by Gasteiger charge is 2.14. The van der Waals surface area contributed by atoms with Crippen LogP contribution in [0.2, 0.25) is 0 Å². The zero-order valence-electron chi connectivity index (χ0n) is 9.33. The van der Waals surface area contributed by atoms with Crippen LogP contribution in [0.15, 0.2) is 24.3 Å². The van der Waals surface area contributed by atoms with Gasteiger partial charge in [-0.05, 0) is 30.5 Å². The number of ether oxygens (including phenoxy) is 1. The normalized spacial score (nSPS) is 16.9. The van der Waals surface area contributed by atoms with Gasteiger partial charge < -0.3 is 10.1 Å². The Morgan fingerprint density at radius 1 is 1.33 bits per heavy atom. The maximum atomic E-state index is 5.13. The molecule has 2 heteroatoms. The summed E-state index contributed by atoms with van der Waals surface area (Å²) in [5.41, 5.74) is 2.47. The van der Waals surface area contributed by atoms with Gasteiger partial charge in [-0.1, -0.05) is 25.0 Å². The predicted molar refractivity (Wildman–Crippen MR) is 63.0 cm³/mol. The van der Waals surface area contributed by atoms with Gasteiger partial charge in [0.1, 0.15) is 0 Å². The van der Waals surface area contributed by atoms with E-state index in [0.29, 0.717) is 12.6 Å². The second-order valence-corrected chi connectivity index (χ2v) is 4.26. The number of benzene rings is 1. The molecule has 15 heavy (non-hydrogen) atoms. The molecule has 2 nitrogen and oxygen atoms in total. The Labute approximate surface area is 91.6 Å². The van der Waals surface area contributed by atoms with Crippen molar-refractivity contribution in [1.29, 1.82) is 0 Å². The summed E-state index contributed by atoms with van der Waals surface area (Å²) in [5, 5.41) is 3.58. The molecule has 1 fully saturated rings. The number of rotatable bonds is 4. The molecule has 1 aliphatic carbocycles. The Bertz CT molecular complexity index is 305. The van der Waals surface area contributed by atoms with Crippen molar-refractivity contribution >= 4 is 5.69 Å². The summed E-state index contributed by atoms with van der Waals surface area (Å²) in [6.07, 6.45) is 5.37. The quantitative estimate of drug-likeness (QED) is 0.815. The fourth-order valence-electron chi connectivity index (χ4n) is 2.22. The maximum Gasteiger partial charge on any atom is 0.0713 e. The largest absolute Gasteiger partial charge is 0.382 e. The molecule has 0 unspecified atom stereocenters. The van der Waals surface area contributed by atoms with E-state index >= 15 is 0 Å². The van der Waals surface area contributed by atoms with E-state index in [1.165, 1.54) is 36.9 Å². The summed E-state index contributed by atoms with van der Waals surface area (Å²) in [5.74, 6) is 0. The van der Waals surface area contributed by atoms with E-state index < -0.39 is 0 Å². The van der Waals surface area contributed by atoms with Crippen molar-refractivity contribution in [1.82, 2.24) is 0 Å². The molecule has 0 amide bonds. The molecule has 0 atom stereocenters. The van der Waals surface area contributed by atoms with Gasteiger partial charge in [-0.25, -0.2) is 0 Å². The fourth-order valence-corrected chi connectivity index (χ4v) is 2.22. The Morgan fingerprint density at radius 3 is 2.87 bits per heavy atom. The summed E-state index contributed by atoms with van der Waals surface area (Å²) in [4.78, 5) is 0. The van der Waals surface area contributed by atoms with E-state index in [2.05, 4.69) is 29.6 Å². The lowest BCUT2D eigenvalue weighted by molar-refractivity contribution is 0.185. The Hall–Kier alpha value is -1.02. The lowest BCUT2D eigenvalue weighted by Crippen LogP contribution is -2.14. The highest BCUT2D eigenvalue weighted by Crippen LogP contribution is 2.22. The first kappa shape index (κ1) is 10.5. The predicted octanol–water partition coefficient (Wildman–Crippen LogP) is 3.19. The molecule has 1 aromatic carbocycles. The third-order valence-corrected chi connectivity index (χ3v) is 2.96. The molecule has 1 N–H and O–H groups in total. The zero-order chi connectivity index (χ0) is 10.5. The summed E-state index contributed by atoms with van der Waals surface area (Å²) < 4.78 is 5.13. The van der Waals surface area contributed by atoms with Gasteiger partial charge in [0.15, 0.2) is 0 Å². The van der Waals surface area contributed by atoms with Gasteiger partial charge in [0.2, 0.25) is 0 Å². The van der Waals surface area contributed by atoms with Crippen molar-refractivity contribution in [3.63, 3.8) is 0 Å². The monoisotopic (exact) mass is 205 g/mol. The number of hydrogen-bond acceptors (Lipinski definition) is 2. The molecule has 2 rings (SSSR count). The van der Waals surface area contributed by atoms with E-state index in [0.717, 1.165) is 0 Å². The number of anilines is 1. The third-order valence-electron chi connectivity index (χ3n) is 2.96. The fraction of sp³-hybridized carbons (Fsp3) is 0.538. The first-order valence-electron chi connectivity index (χ1n) is 5.73. The van der Waals surface area contributed by atoms with Gasteiger partial charge in [0.25, 0.3) is 0 Å². The molecule has 0 aliphatic heterocycles. The standard InChI is InChI=1S/C13H19NO/c1-15-10-11-5-4-8-13(9-11)14-12-6-2-3-7-12/h4-5,8-9,12,14H,2-3,6-7,10H2,1H3. The molecular weight excluding hydrogens is 186 g/mol. The van der Waals surface area contributed by atoms with Crippen molar-refractivity contribution < 1.29 is 4.74 Å². The van der Waals surface area contributed by atoms with Crippen LogP contribution in [0.25, 0.3) is 0 Å². The van der Waals surface area contributed by atoms with Gasteiger partial charge in [-0.3, -0.25) is 0 Å². The number of nitrogens with one attached hydrogen (secondary N) is 1. The van der Waals surface area contributed by atoms with Crippen molar-refractivity contribution in [3.05, 3.63) is 29.8 Å². The first-order chi connectivity index (χ1) is 7.38. The van der Waals surface area contributed by atoms with Crippen LogP contribution in [0.4, 0.5) is 5.69 Å². The number of methoxy groups -OCH3 is 1. The van der Waals surface area contributed by atoms with E-state index in [-0.39, 0.29) is 0 Å². The molecule has 0 saturated heterocycles. The molecule has 1 aromatic rings. The lowest BCUT2D eigenvalue weighted by Gasteiger charge is -2.14. The van der Waals surface area contributed by atoms with E-state index in [1.807, 2.05) is 0 Å². The molecule has 0 radical (unpaired) electrons. The van der Waals surface area contributed by atoms with E-state index in [4.69, 9.17) is 4.74 Å². The smallest absolute Gasteiger partial charge is 0.0713 e. The van der Waals surface area contributed by atoms with Crippen LogP contribution >= 0.6 is 0 Å². The Kier molecular flexibility index (Phi) is 3.62. The maximum absolute atomic E-state index is 5.13. The summed E-state index contributed by atoms with van der Waals surface area (Å²) in [7, 11) is 1.73. The van der Waals surface area contributed by atoms with Crippen LogP contribution in [0.1, 0.15) is 31.2 Å². The zero-order valence-corrected chi connectivity index (χ0v) is 9.33. The molecule has 0 bridgehead atoms. The molecule has 82 valence electrons. The second-order valence-electron chi connectivity index (χ2n) is 4.26. The Morgan fingerprint density at radius 2 is 2.13 bits per heavy atom. The average Bonchev–Trinajstić information content (AvgIpc) is 2.71. The molecule has 1 saturated carbocycles. The van der Waals surface area contributed by atoms with Crippen LogP contribution in [0.3, 0.4) is 0 Å². The summed E-state index contributed by atoms with van der Waals surface area (Å²) in [6, 6.07) is 9.19. The number of hydrogen-bond donors (Lipinski definition) is 1. The SMILES string of the molecule is COCc1cccc(NC2CCCC2)c1. The average molecular weight is 205 g/mol.